The molecule has 0 N–H and O–H groups in total. The third-order valence-electron chi connectivity index (χ3n) is 2.73. The topological polar surface area (TPSA) is 38.7 Å². The first-order chi connectivity index (χ1) is 8.83. The second-order valence-corrected chi connectivity index (χ2v) is 4.02. The standard InChI is InChI=1S/C15H11NO2/c17-14-10-11-6-4-5-9-13(11)16-15(14)18-12-7-2-1-3-8-12/h1-10,15H. The number of nitrogens with zero attached hydrogens (tertiary/aromatic N) is 1. The Kier molecular flexibility index (Phi) is 2.65. The summed E-state index contributed by atoms with van der Waals surface area (Å²) in [7, 11) is 0. The number of para-hydroxylation sites is 2. The van der Waals surface area contributed by atoms with Crippen LogP contribution in [0.25, 0.3) is 6.08 Å². The van der Waals surface area contributed by atoms with Crippen LogP contribution in [-0.4, -0.2) is 12.0 Å². The second-order valence-electron chi connectivity index (χ2n) is 4.02. The molecule has 1 unspecified atom stereocenters. The van der Waals surface area contributed by atoms with E-state index in [0.717, 1.165) is 10.6 Å². The van der Waals surface area contributed by atoms with Crippen LogP contribution in [0.5, 0.6) is 5.75 Å². The van der Waals surface area contributed by atoms with Gasteiger partial charge in [-0.3, -0.25) is 4.79 Å². The Balaban J connectivity index is 1.96. The molecule has 88 valence electrons. The number of benzene rings is 2. The summed E-state index contributed by atoms with van der Waals surface area (Å²) in [5.74, 6) is 0.518. The first-order valence-corrected chi connectivity index (χ1v) is 5.73. The van der Waals surface area contributed by atoms with Crippen molar-refractivity contribution in [2.45, 2.75) is 6.23 Å². The molecule has 0 fully saturated rings. The summed E-state index contributed by atoms with van der Waals surface area (Å²) >= 11 is 0. The molecule has 0 bridgehead atoms. The predicted octanol–water partition coefficient (Wildman–Crippen LogP) is 1.07. The molecule has 3 rings (SSSR count). The lowest BCUT2D eigenvalue weighted by atomic mass is 10.2. The van der Waals surface area contributed by atoms with Gasteiger partial charge in [0.15, 0.2) is 0 Å². The number of hydrogen-bond acceptors (Lipinski definition) is 3. The van der Waals surface area contributed by atoms with E-state index in [1.807, 2.05) is 54.6 Å². The normalized spacial score (nSPS) is 17.3. The van der Waals surface area contributed by atoms with Crippen LogP contribution >= 0.6 is 0 Å². The Morgan fingerprint density at radius 2 is 1.67 bits per heavy atom. The Hall–Kier alpha value is -2.42. The Bertz CT molecular complexity index is 692. The van der Waals surface area contributed by atoms with Crippen LogP contribution in [0, 0.1) is 0 Å². The van der Waals surface area contributed by atoms with Crippen molar-refractivity contribution in [2.75, 3.05) is 0 Å². The largest absolute Gasteiger partial charge is 0.461 e. The second kappa shape index (κ2) is 4.45. The summed E-state index contributed by atoms with van der Waals surface area (Å²) in [6.45, 7) is 0. The molecule has 1 heterocycles. The predicted molar refractivity (Wildman–Crippen MR) is 67.6 cm³/mol. The first kappa shape index (κ1) is 10.7. The zero-order valence-corrected chi connectivity index (χ0v) is 9.61. The summed E-state index contributed by atoms with van der Waals surface area (Å²) < 4.78 is 5.58. The minimum Gasteiger partial charge on any atom is -0.461 e. The number of fused-ring (bicyclic) bond motifs is 1. The van der Waals surface area contributed by atoms with Crippen molar-refractivity contribution in [1.29, 1.82) is 0 Å². The van der Waals surface area contributed by atoms with E-state index in [1.54, 1.807) is 6.08 Å². The summed E-state index contributed by atoms with van der Waals surface area (Å²) in [6.07, 6.45) is 0.804. The van der Waals surface area contributed by atoms with Gasteiger partial charge in [-0.05, 0) is 24.3 Å². The lowest BCUT2D eigenvalue weighted by Crippen LogP contribution is -2.38. The Morgan fingerprint density at radius 1 is 0.944 bits per heavy atom. The van der Waals surface area contributed by atoms with Gasteiger partial charge in [-0.25, -0.2) is 4.99 Å². The number of hydrogen-bond donors (Lipinski definition) is 0. The minimum absolute atomic E-state index is 0.127. The zero-order valence-electron chi connectivity index (χ0n) is 9.61. The number of Topliss-reactive ketones (excluding diaryl/α,β-unsaturated/α-hetero) is 1. The third kappa shape index (κ3) is 2.02. The average Bonchev–Trinajstić information content (AvgIpc) is 2.41. The van der Waals surface area contributed by atoms with Crippen LogP contribution in [0.2, 0.25) is 0 Å². The van der Waals surface area contributed by atoms with E-state index in [1.165, 1.54) is 0 Å². The molecule has 1 aliphatic rings. The molecule has 18 heavy (non-hydrogen) atoms. The molecule has 0 spiro atoms. The molecule has 0 aliphatic carbocycles. The molecule has 3 heteroatoms. The van der Waals surface area contributed by atoms with Crippen molar-refractivity contribution in [3.8, 4) is 5.75 Å². The SMILES string of the molecule is O=C1C=c2ccccc2=NC1Oc1ccccc1. The van der Waals surface area contributed by atoms with Crippen LogP contribution in [0.1, 0.15) is 0 Å². The van der Waals surface area contributed by atoms with Crippen molar-refractivity contribution in [2.24, 2.45) is 4.99 Å². The highest BCUT2D eigenvalue weighted by Gasteiger charge is 2.19. The number of carbonyl (C=O) groups excluding carboxylic acids is 1. The fourth-order valence-electron chi connectivity index (χ4n) is 1.85. The van der Waals surface area contributed by atoms with E-state index < -0.39 is 6.23 Å². The van der Waals surface area contributed by atoms with Gasteiger partial charge in [0, 0.05) is 5.22 Å². The molecule has 0 aromatic heterocycles. The molecular formula is C15H11NO2. The summed E-state index contributed by atoms with van der Waals surface area (Å²) in [4.78, 5) is 16.2. The Morgan fingerprint density at radius 3 is 2.50 bits per heavy atom. The van der Waals surface area contributed by atoms with E-state index in [4.69, 9.17) is 4.74 Å². The van der Waals surface area contributed by atoms with Crippen LogP contribution in [0.4, 0.5) is 0 Å². The van der Waals surface area contributed by atoms with Gasteiger partial charge in [0.2, 0.25) is 5.78 Å². The lowest BCUT2D eigenvalue weighted by Gasteiger charge is -2.14. The number of ether oxygens (including phenoxy) is 1. The van der Waals surface area contributed by atoms with Crippen molar-refractivity contribution in [3.05, 3.63) is 65.2 Å². The van der Waals surface area contributed by atoms with Crippen LogP contribution in [0.3, 0.4) is 0 Å². The fraction of sp³-hybridized carbons (Fsp3) is 0.0667. The van der Waals surface area contributed by atoms with E-state index in [2.05, 4.69) is 4.99 Å². The number of rotatable bonds is 2. The minimum atomic E-state index is -0.776. The van der Waals surface area contributed by atoms with Crippen molar-refractivity contribution >= 4 is 11.9 Å². The quantitative estimate of drug-likeness (QED) is 0.783. The van der Waals surface area contributed by atoms with Crippen LogP contribution in [-0.2, 0) is 4.79 Å². The monoisotopic (exact) mass is 237 g/mol. The molecule has 0 saturated heterocycles. The molecule has 3 nitrogen and oxygen atoms in total. The Labute approximate surface area is 104 Å². The maximum absolute atomic E-state index is 11.9. The average molecular weight is 237 g/mol. The van der Waals surface area contributed by atoms with Gasteiger partial charge in [0.25, 0.3) is 6.23 Å². The van der Waals surface area contributed by atoms with Gasteiger partial charge in [0.05, 0.1) is 5.36 Å². The van der Waals surface area contributed by atoms with E-state index >= 15 is 0 Å². The van der Waals surface area contributed by atoms with E-state index in [9.17, 15) is 4.79 Å². The molecular weight excluding hydrogens is 226 g/mol. The third-order valence-corrected chi connectivity index (χ3v) is 2.73. The van der Waals surface area contributed by atoms with Crippen LogP contribution in [0.15, 0.2) is 59.6 Å². The lowest BCUT2D eigenvalue weighted by molar-refractivity contribution is -0.119. The highest BCUT2D eigenvalue weighted by atomic mass is 16.5. The van der Waals surface area contributed by atoms with Crippen LogP contribution < -0.4 is 15.3 Å². The summed E-state index contributed by atoms with van der Waals surface area (Å²) in [5, 5.41) is 1.63. The molecule has 2 aromatic rings. The maximum Gasteiger partial charge on any atom is 0.253 e. The highest BCUT2D eigenvalue weighted by molar-refractivity contribution is 6.09. The zero-order chi connectivity index (χ0) is 12.4. The molecule has 1 aliphatic heterocycles. The van der Waals surface area contributed by atoms with Gasteiger partial charge in [0.1, 0.15) is 5.75 Å². The number of carbonyl (C=O) groups is 1. The van der Waals surface area contributed by atoms with E-state index in [0.29, 0.717) is 5.75 Å². The van der Waals surface area contributed by atoms with Gasteiger partial charge in [-0.2, -0.15) is 0 Å². The van der Waals surface area contributed by atoms with Gasteiger partial charge in [-0.1, -0.05) is 36.4 Å². The van der Waals surface area contributed by atoms with Gasteiger partial charge < -0.3 is 4.74 Å². The molecule has 0 amide bonds. The summed E-state index contributed by atoms with van der Waals surface area (Å²) in [5.41, 5.74) is 0. The smallest absolute Gasteiger partial charge is 0.253 e. The highest BCUT2D eigenvalue weighted by Crippen LogP contribution is 2.12. The molecule has 0 radical (unpaired) electrons. The van der Waals surface area contributed by atoms with Crippen molar-refractivity contribution in [1.82, 2.24) is 0 Å². The van der Waals surface area contributed by atoms with Gasteiger partial charge >= 0.3 is 0 Å². The maximum atomic E-state index is 11.9. The molecule has 2 aromatic carbocycles. The first-order valence-electron chi connectivity index (χ1n) is 5.73. The summed E-state index contributed by atoms with van der Waals surface area (Å²) in [6, 6.07) is 16.8. The number of ketones is 1. The van der Waals surface area contributed by atoms with E-state index in [-0.39, 0.29) is 5.78 Å². The van der Waals surface area contributed by atoms with Crippen molar-refractivity contribution in [3.63, 3.8) is 0 Å². The molecule has 0 saturated carbocycles. The molecule has 1 atom stereocenters. The van der Waals surface area contributed by atoms with Gasteiger partial charge in [-0.15, -0.1) is 0 Å². The van der Waals surface area contributed by atoms with Crippen molar-refractivity contribution < 1.29 is 9.53 Å². The fourth-order valence-corrected chi connectivity index (χ4v) is 1.85.